The molecular formula is C17H17ClN2O4S. The number of rotatable bonds is 5. The van der Waals surface area contributed by atoms with Gasteiger partial charge < -0.3 is 0 Å². The van der Waals surface area contributed by atoms with Crippen molar-refractivity contribution >= 4 is 33.3 Å². The van der Waals surface area contributed by atoms with Crippen molar-refractivity contribution in [3.8, 4) is 0 Å². The molecule has 0 aromatic heterocycles. The molecule has 0 saturated heterocycles. The van der Waals surface area contributed by atoms with E-state index < -0.39 is 27.4 Å². The fraction of sp³-hybridized carbons (Fsp3) is 0.176. The Kier molecular flexibility index (Phi) is 6.17. The predicted molar refractivity (Wildman–Crippen MR) is 94.9 cm³/mol. The van der Waals surface area contributed by atoms with Crippen LogP contribution in [0.5, 0.6) is 0 Å². The summed E-state index contributed by atoms with van der Waals surface area (Å²) in [6, 6.07) is 12.4. The molecule has 25 heavy (non-hydrogen) atoms. The molecule has 0 aliphatic carbocycles. The Morgan fingerprint density at radius 3 is 2.12 bits per heavy atom. The van der Waals surface area contributed by atoms with Crippen molar-refractivity contribution < 1.29 is 18.0 Å². The van der Waals surface area contributed by atoms with Crippen molar-refractivity contribution in [1.82, 2.24) is 10.9 Å². The molecule has 0 spiro atoms. The van der Waals surface area contributed by atoms with Crippen molar-refractivity contribution in [2.45, 2.75) is 18.2 Å². The van der Waals surface area contributed by atoms with Crippen LogP contribution in [0, 0.1) is 0 Å². The molecule has 2 aromatic carbocycles. The molecule has 6 nitrogen and oxygen atoms in total. The summed E-state index contributed by atoms with van der Waals surface area (Å²) in [7, 11) is -3.82. The molecule has 2 aromatic rings. The van der Waals surface area contributed by atoms with Gasteiger partial charge in [0.05, 0.1) is 4.90 Å². The second-order valence-corrected chi connectivity index (χ2v) is 7.69. The number of sulfone groups is 1. The molecule has 2 amide bonds. The molecule has 0 fully saturated rings. The molecule has 0 saturated carbocycles. The van der Waals surface area contributed by atoms with E-state index in [-0.39, 0.29) is 4.90 Å². The summed E-state index contributed by atoms with van der Waals surface area (Å²) in [6.07, 6.45) is 0.848. The highest BCUT2D eigenvalue weighted by Gasteiger charge is 2.19. The van der Waals surface area contributed by atoms with Crippen LogP contribution in [0.4, 0.5) is 0 Å². The lowest BCUT2D eigenvalue weighted by atomic mass is 10.1. The van der Waals surface area contributed by atoms with Gasteiger partial charge in [0.15, 0.2) is 9.84 Å². The molecule has 0 atom stereocenters. The van der Waals surface area contributed by atoms with Gasteiger partial charge in [-0.05, 0) is 48.4 Å². The van der Waals surface area contributed by atoms with Crippen molar-refractivity contribution in [2.75, 3.05) is 5.75 Å². The number of hydrogen-bond donors (Lipinski definition) is 2. The van der Waals surface area contributed by atoms with Crippen LogP contribution in [-0.2, 0) is 21.1 Å². The van der Waals surface area contributed by atoms with Crippen LogP contribution in [0.1, 0.15) is 22.8 Å². The third kappa shape index (κ3) is 5.30. The number of carbonyl (C=O) groups excluding carboxylic acids is 2. The van der Waals surface area contributed by atoms with Gasteiger partial charge in [-0.3, -0.25) is 20.4 Å². The van der Waals surface area contributed by atoms with E-state index in [0.29, 0.717) is 10.6 Å². The Balaban J connectivity index is 1.93. The summed E-state index contributed by atoms with van der Waals surface area (Å²) in [5, 5.41) is 0.393. The maximum atomic E-state index is 12.1. The van der Waals surface area contributed by atoms with E-state index >= 15 is 0 Å². The van der Waals surface area contributed by atoms with Gasteiger partial charge in [0.1, 0.15) is 5.75 Å². The molecule has 0 aliphatic rings. The zero-order valence-corrected chi connectivity index (χ0v) is 15.0. The zero-order chi connectivity index (χ0) is 18.4. The summed E-state index contributed by atoms with van der Waals surface area (Å²) >= 11 is 5.71. The Bertz CT molecular complexity index is 863. The molecule has 2 rings (SSSR count). The second kappa shape index (κ2) is 8.13. The second-order valence-electron chi connectivity index (χ2n) is 5.27. The van der Waals surface area contributed by atoms with E-state index in [1.807, 2.05) is 19.1 Å². The molecule has 2 N–H and O–H groups in total. The first-order chi connectivity index (χ1) is 11.8. The van der Waals surface area contributed by atoms with Crippen molar-refractivity contribution in [1.29, 1.82) is 0 Å². The summed E-state index contributed by atoms with van der Waals surface area (Å²) < 4.78 is 24.2. The quantitative estimate of drug-likeness (QED) is 0.777. The highest BCUT2D eigenvalue weighted by Crippen LogP contribution is 2.15. The molecular weight excluding hydrogens is 364 g/mol. The fourth-order valence-corrected chi connectivity index (χ4v) is 3.29. The van der Waals surface area contributed by atoms with E-state index in [4.69, 9.17) is 11.6 Å². The van der Waals surface area contributed by atoms with Gasteiger partial charge in [-0.1, -0.05) is 30.7 Å². The molecule has 0 bridgehead atoms. The Morgan fingerprint density at radius 1 is 0.960 bits per heavy atom. The lowest BCUT2D eigenvalue weighted by molar-refractivity contribution is -0.119. The third-order valence-corrected chi connectivity index (χ3v) is 5.32. The van der Waals surface area contributed by atoms with E-state index in [9.17, 15) is 18.0 Å². The van der Waals surface area contributed by atoms with Crippen LogP contribution in [0.25, 0.3) is 0 Å². The molecule has 0 radical (unpaired) electrons. The molecule has 0 heterocycles. The number of carbonyl (C=O) groups is 2. The minimum absolute atomic E-state index is 0.0199. The number of nitrogens with one attached hydrogen (secondary N) is 2. The van der Waals surface area contributed by atoms with Crippen molar-refractivity contribution in [3.05, 3.63) is 64.7 Å². The van der Waals surface area contributed by atoms with Crippen LogP contribution in [0.3, 0.4) is 0 Å². The van der Waals surface area contributed by atoms with E-state index in [2.05, 4.69) is 10.9 Å². The van der Waals surface area contributed by atoms with Gasteiger partial charge in [0.25, 0.3) is 11.8 Å². The first kappa shape index (κ1) is 19.0. The number of hydrogen-bond acceptors (Lipinski definition) is 4. The van der Waals surface area contributed by atoms with E-state index in [0.717, 1.165) is 12.0 Å². The number of hydrazine groups is 1. The molecule has 0 unspecified atom stereocenters. The normalized spacial score (nSPS) is 11.0. The smallest absolute Gasteiger partial charge is 0.269 e. The number of aryl methyl sites for hydroxylation is 1. The van der Waals surface area contributed by atoms with Crippen molar-refractivity contribution in [2.24, 2.45) is 0 Å². The van der Waals surface area contributed by atoms with Crippen LogP contribution >= 0.6 is 11.6 Å². The third-order valence-electron chi connectivity index (χ3n) is 3.43. The minimum atomic E-state index is -3.82. The van der Waals surface area contributed by atoms with Gasteiger partial charge in [-0.25, -0.2) is 8.42 Å². The summed E-state index contributed by atoms with van der Waals surface area (Å²) in [4.78, 5) is 23.7. The van der Waals surface area contributed by atoms with Crippen LogP contribution in [-0.4, -0.2) is 26.0 Å². The largest absolute Gasteiger partial charge is 0.272 e. The first-order valence-corrected chi connectivity index (χ1v) is 9.51. The van der Waals surface area contributed by atoms with Gasteiger partial charge in [-0.2, -0.15) is 0 Å². The Morgan fingerprint density at radius 2 is 1.56 bits per heavy atom. The summed E-state index contributed by atoms with van der Waals surface area (Å²) in [6.45, 7) is 2.00. The van der Waals surface area contributed by atoms with E-state index in [1.54, 1.807) is 12.1 Å². The van der Waals surface area contributed by atoms with Gasteiger partial charge >= 0.3 is 0 Å². The Hall–Kier alpha value is -2.38. The lowest BCUT2D eigenvalue weighted by Crippen LogP contribution is -2.44. The highest BCUT2D eigenvalue weighted by molar-refractivity contribution is 7.92. The molecule has 0 aliphatic heterocycles. The van der Waals surface area contributed by atoms with Gasteiger partial charge in [0.2, 0.25) is 0 Å². The van der Waals surface area contributed by atoms with Crippen LogP contribution < -0.4 is 10.9 Å². The highest BCUT2D eigenvalue weighted by atomic mass is 35.5. The topological polar surface area (TPSA) is 92.3 Å². The molecule has 132 valence electrons. The maximum absolute atomic E-state index is 12.1. The number of halogens is 1. The number of benzene rings is 2. The zero-order valence-electron chi connectivity index (χ0n) is 13.5. The van der Waals surface area contributed by atoms with Gasteiger partial charge in [0, 0.05) is 10.6 Å². The fourth-order valence-electron chi connectivity index (χ4n) is 2.02. The standard InChI is InChI=1S/C17H17ClN2O4S/c1-2-12-3-5-13(6-4-12)17(22)20-19-16(21)11-25(23,24)15-9-7-14(18)8-10-15/h3-10H,2,11H2,1H3,(H,19,21)(H,20,22). The summed E-state index contributed by atoms with van der Waals surface area (Å²) in [5.41, 5.74) is 5.74. The average molecular weight is 381 g/mol. The van der Waals surface area contributed by atoms with Crippen LogP contribution in [0.2, 0.25) is 5.02 Å². The van der Waals surface area contributed by atoms with Crippen molar-refractivity contribution in [3.63, 3.8) is 0 Å². The number of amides is 2. The molecule has 8 heteroatoms. The maximum Gasteiger partial charge on any atom is 0.269 e. The summed E-state index contributed by atoms with van der Waals surface area (Å²) in [5.74, 6) is -2.16. The van der Waals surface area contributed by atoms with E-state index in [1.165, 1.54) is 24.3 Å². The SMILES string of the molecule is CCc1ccc(C(=O)NNC(=O)CS(=O)(=O)c2ccc(Cl)cc2)cc1. The first-order valence-electron chi connectivity index (χ1n) is 7.48. The Labute approximate surface area is 151 Å². The van der Waals surface area contributed by atoms with Crippen LogP contribution in [0.15, 0.2) is 53.4 Å². The minimum Gasteiger partial charge on any atom is -0.272 e. The monoisotopic (exact) mass is 380 g/mol. The van der Waals surface area contributed by atoms with Gasteiger partial charge in [-0.15, -0.1) is 0 Å². The lowest BCUT2D eigenvalue weighted by Gasteiger charge is -2.08. The predicted octanol–water partition coefficient (Wildman–Crippen LogP) is 2.14. The average Bonchev–Trinajstić information content (AvgIpc) is 2.59.